The lowest BCUT2D eigenvalue weighted by molar-refractivity contribution is 0.217. The third-order valence-corrected chi connectivity index (χ3v) is 3.66. The second kappa shape index (κ2) is 5.78. The molecule has 1 aromatic rings. The van der Waals surface area contributed by atoms with Crippen molar-refractivity contribution in [1.82, 2.24) is 5.32 Å². The van der Waals surface area contributed by atoms with Crippen molar-refractivity contribution in [2.75, 3.05) is 6.54 Å². The third kappa shape index (κ3) is 3.29. The fourth-order valence-electron chi connectivity index (χ4n) is 2.18. The monoisotopic (exact) mass is 285 g/mol. The zero-order valence-corrected chi connectivity index (χ0v) is 10.8. The summed E-state index contributed by atoms with van der Waals surface area (Å²) in [6.07, 6.45) is 3.06. The number of hydrogen-bond acceptors (Lipinski definition) is 1. The Morgan fingerprint density at radius 2 is 2.06 bits per heavy atom. The molecule has 1 aromatic carbocycles. The van der Waals surface area contributed by atoms with Gasteiger partial charge in [-0.3, -0.25) is 0 Å². The molecule has 0 bridgehead atoms. The summed E-state index contributed by atoms with van der Waals surface area (Å²) in [6.45, 7) is 0.964. The molecular formula is C13H17BrFN. The molecule has 1 nitrogen and oxygen atoms in total. The van der Waals surface area contributed by atoms with Crippen LogP contribution in [0.4, 0.5) is 4.39 Å². The molecule has 1 N–H and O–H groups in total. The molecule has 2 rings (SSSR count). The Bertz CT molecular complexity index is 319. The van der Waals surface area contributed by atoms with Gasteiger partial charge in [-0.05, 0) is 37.1 Å². The molecule has 1 aliphatic heterocycles. The highest BCUT2D eigenvalue weighted by molar-refractivity contribution is 9.10. The van der Waals surface area contributed by atoms with Crippen LogP contribution in [0.5, 0.6) is 0 Å². The molecule has 3 heteroatoms. The zero-order valence-electron chi connectivity index (χ0n) is 9.26. The number of piperidine rings is 1. The van der Waals surface area contributed by atoms with Crippen LogP contribution in [0.1, 0.15) is 24.8 Å². The Morgan fingerprint density at radius 1 is 1.31 bits per heavy atom. The fourth-order valence-corrected chi connectivity index (χ4v) is 2.44. The highest BCUT2D eigenvalue weighted by Crippen LogP contribution is 2.18. The van der Waals surface area contributed by atoms with Crippen LogP contribution < -0.4 is 5.32 Å². The third-order valence-electron chi connectivity index (χ3n) is 3.13. The Kier molecular flexibility index (Phi) is 4.36. The van der Waals surface area contributed by atoms with Crippen molar-refractivity contribution >= 4 is 15.9 Å². The van der Waals surface area contributed by atoms with Crippen molar-refractivity contribution in [3.05, 3.63) is 34.3 Å². The van der Waals surface area contributed by atoms with E-state index in [4.69, 9.17) is 0 Å². The van der Waals surface area contributed by atoms with Crippen molar-refractivity contribution in [2.24, 2.45) is 0 Å². The van der Waals surface area contributed by atoms with Crippen molar-refractivity contribution < 1.29 is 4.39 Å². The van der Waals surface area contributed by atoms with Gasteiger partial charge < -0.3 is 5.32 Å². The van der Waals surface area contributed by atoms with Gasteiger partial charge in [0.15, 0.2) is 0 Å². The molecular weight excluding hydrogens is 269 g/mol. The van der Waals surface area contributed by atoms with E-state index in [2.05, 4.69) is 21.2 Å². The molecule has 0 saturated carbocycles. The van der Waals surface area contributed by atoms with Gasteiger partial charge in [0.05, 0.1) is 0 Å². The minimum atomic E-state index is -0.763. The molecule has 16 heavy (non-hydrogen) atoms. The Morgan fingerprint density at radius 3 is 2.69 bits per heavy atom. The van der Waals surface area contributed by atoms with Crippen LogP contribution in [-0.2, 0) is 6.42 Å². The maximum atomic E-state index is 14.0. The minimum absolute atomic E-state index is 0.0531. The van der Waals surface area contributed by atoms with Gasteiger partial charge >= 0.3 is 0 Å². The molecule has 0 amide bonds. The van der Waals surface area contributed by atoms with Crippen LogP contribution in [0.2, 0.25) is 0 Å². The summed E-state index contributed by atoms with van der Waals surface area (Å²) >= 11 is 3.38. The largest absolute Gasteiger partial charge is 0.311 e. The highest BCUT2D eigenvalue weighted by Gasteiger charge is 2.22. The summed E-state index contributed by atoms with van der Waals surface area (Å²) in [4.78, 5) is 0. The number of hydrogen-bond donors (Lipinski definition) is 1. The lowest BCUT2D eigenvalue weighted by Gasteiger charge is -2.26. The Hall–Kier alpha value is -0.410. The Balaban J connectivity index is 1.90. The molecule has 1 fully saturated rings. The molecule has 1 aliphatic rings. The van der Waals surface area contributed by atoms with Gasteiger partial charge in [-0.15, -0.1) is 0 Å². The molecule has 1 heterocycles. The van der Waals surface area contributed by atoms with E-state index in [0.29, 0.717) is 6.42 Å². The van der Waals surface area contributed by atoms with E-state index < -0.39 is 6.17 Å². The number of alkyl halides is 1. The molecule has 2 atom stereocenters. The standard InChI is InChI=1S/C13H17BrFN/c14-11-6-4-10(5-7-11)9-12(15)13-3-1-2-8-16-13/h4-7,12-13,16H,1-3,8-9H2. The molecule has 0 radical (unpaired) electrons. The topological polar surface area (TPSA) is 12.0 Å². The van der Waals surface area contributed by atoms with E-state index in [1.165, 1.54) is 6.42 Å². The zero-order chi connectivity index (χ0) is 11.4. The first-order valence-corrected chi connectivity index (χ1v) is 6.67. The summed E-state index contributed by atoms with van der Waals surface area (Å²) < 4.78 is 15.0. The number of halogens is 2. The van der Waals surface area contributed by atoms with Crippen LogP contribution in [0.25, 0.3) is 0 Å². The molecule has 0 spiro atoms. The maximum absolute atomic E-state index is 14.0. The summed E-state index contributed by atoms with van der Waals surface area (Å²) in [7, 11) is 0. The van der Waals surface area contributed by atoms with E-state index in [0.717, 1.165) is 29.4 Å². The summed E-state index contributed by atoms with van der Waals surface area (Å²) in [5.74, 6) is 0. The Labute approximate surface area is 105 Å². The number of rotatable bonds is 3. The maximum Gasteiger partial charge on any atom is 0.119 e. The second-order valence-corrected chi connectivity index (χ2v) is 5.32. The van der Waals surface area contributed by atoms with E-state index in [1.54, 1.807) is 0 Å². The van der Waals surface area contributed by atoms with Crippen LogP contribution in [0.15, 0.2) is 28.7 Å². The van der Waals surface area contributed by atoms with Crippen LogP contribution >= 0.6 is 15.9 Å². The van der Waals surface area contributed by atoms with Crippen LogP contribution in [0.3, 0.4) is 0 Å². The summed E-state index contributed by atoms with van der Waals surface area (Å²) in [6, 6.07) is 7.96. The molecule has 2 unspecified atom stereocenters. The lowest BCUT2D eigenvalue weighted by Crippen LogP contribution is -2.42. The van der Waals surface area contributed by atoms with E-state index >= 15 is 0 Å². The van der Waals surface area contributed by atoms with Crippen LogP contribution in [-0.4, -0.2) is 18.8 Å². The molecule has 0 aromatic heterocycles. The average Bonchev–Trinajstić information content (AvgIpc) is 2.33. The van der Waals surface area contributed by atoms with Gasteiger partial charge in [0.25, 0.3) is 0 Å². The molecule has 0 aliphatic carbocycles. The van der Waals surface area contributed by atoms with Gasteiger partial charge in [-0.25, -0.2) is 4.39 Å². The fraction of sp³-hybridized carbons (Fsp3) is 0.538. The quantitative estimate of drug-likeness (QED) is 0.897. The lowest BCUT2D eigenvalue weighted by atomic mass is 9.96. The highest BCUT2D eigenvalue weighted by atomic mass is 79.9. The smallest absolute Gasteiger partial charge is 0.119 e. The van der Waals surface area contributed by atoms with Crippen molar-refractivity contribution in [3.63, 3.8) is 0 Å². The van der Waals surface area contributed by atoms with Gasteiger partial charge in [0, 0.05) is 16.9 Å². The van der Waals surface area contributed by atoms with E-state index in [-0.39, 0.29) is 6.04 Å². The van der Waals surface area contributed by atoms with Crippen molar-refractivity contribution in [1.29, 1.82) is 0 Å². The van der Waals surface area contributed by atoms with Gasteiger partial charge in [-0.1, -0.05) is 34.5 Å². The normalized spacial score (nSPS) is 23.0. The first-order chi connectivity index (χ1) is 7.75. The molecule has 1 saturated heterocycles. The second-order valence-electron chi connectivity index (χ2n) is 4.40. The SMILES string of the molecule is FC(Cc1ccc(Br)cc1)C1CCCCN1. The van der Waals surface area contributed by atoms with Gasteiger partial charge in [-0.2, -0.15) is 0 Å². The predicted octanol–water partition coefficient (Wildman–Crippen LogP) is 3.47. The summed E-state index contributed by atoms with van der Waals surface area (Å²) in [5, 5.41) is 3.27. The number of nitrogens with one attached hydrogen (secondary N) is 1. The first-order valence-electron chi connectivity index (χ1n) is 5.87. The summed E-state index contributed by atoms with van der Waals surface area (Å²) in [5.41, 5.74) is 1.07. The van der Waals surface area contributed by atoms with Gasteiger partial charge in [0.2, 0.25) is 0 Å². The van der Waals surface area contributed by atoms with Gasteiger partial charge in [0.1, 0.15) is 6.17 Å². The molecule has 88 valence electrons. The van der Waals surface area contributed by atoms with E-state index in [9.17, 15) is 4.39 Å². The first kappa shape index (κ1) is 12.1. The van der Waals surface area contributed by atoms with Crippen LogP contribution in [0, 0.1) is 0 Å². The number of benzene rings is 1. The van der Waals surface area contributed by atoms with Crippen molar-refractivity contribution in [2.45, 2.75) is 37.9 Å². The minimum Gasteiger partial charge on any atom is -0.311 e. The van der Waals surface area contributed by atoms with E-state index in [1.807, 2.05) is 24.3 Å². The predicted molar refractivity (Wildman–Crippen MR) is 68.4 cm³/mol. The van der Waals surface area contributed by atoms with Crippen molar-refractivity contribution in [3.8, 4) is 0 Å². The average molecular weight is 286 g/mol.